The highest BCUT2D eigenvalue weighted by atomic mass is 16.5. The molecule has 0 radical (unpaired) electrons. The van der Waals surface area contributed by atoms with Gasteiger partial charge in [0.05, 0.1) is 18.4 Å². The van der Waals surface area contributed by atoms with E-state index in [4.69, 9.17) is 10.5 Å². The van der Waals surface area contributed by atoms with E-state index in [0.29, 0.717) is 18.7 Å². The van der Waals surface area contributed by atoms with Crippen molar-refractivity contribution in [1.82, 2.24) is 4.90 Å². The topological polar surface area (TPSA) is 102 Å². The standard InChI is InChI=1S/C19H19N3O4/c1-26-19(25)22-11-10-12-6-2-3-7-13(12)16(22)18(24)21-15-9-5-4-8-14(15)17(20)23/h2-9,16H,10-11H2,1H3,(H2,20,23)(H,21,24). The first-order valence-electron chi connectivity index (χ1n) is 8.15. The lowest BCUT2D eigenvalue weighted by Crippen LogP contribution is -2.45. The van der Waals surface area contributed by atoms with Gasteiger partial charge in [0.2, 0.25) is 0 Å². The maximum Gasteiger partial charge on any atom is 0.410 e. The van der Waals surface area contributed by atoms with Crippen LogP contribution in [-0.2, 0) is 16.0 Å². The van der Waals surface area contributed by atoms with Gasteiger partial charge in [-0.3, -0.25) is 14.5 Å². The SMILES string of the molecule is COC(=O)N1CCc2ccccc2C1C(=O)Nc1ccccc1C(N)=O. The number of primary amides is 1. The van der Waals surface area contributed by atoms with Crippen LogP contribution in [0, 0.1) is 0 Å². The molecule has 0 aliphatic carbocycles. The minimum atomic E-state index is -0.853. The fraction of sp³-hybridized carbons (Fsp3) is 0.211. The van der Waals surface area contributed by atoms with Crippen molar-refractivity contribution < 1.29 is 19.1 Å². The van der Waals surface area contributed by atoms with Gasteiger partial charge in [-0.1, -0.05) is 36.4 Å². The van der Waals surface area contributed by atoms with Crippen LogP contribution in [-0.4, -0.2) is 36.5 Å². The molecule has 26 heavy (non-hydrogen) atoms. The second kappa shape index (κ2) is 7.26. The van der Waals surface area contributed by atoms with Crippen molar-refractivity contribution >= 4 is 23.6 Å². The summed E-state index contributed by atoms with van der Waals surface area (Å²) in [5, 5.41) is 2.72. The summed E-state index contributed by atoms with van der Waals surface area (Å²) < 4.78 is 4.83. The predicted octanol–water partition coefficient (Wildman–Crippen LogP) is 2.09. The normalized spacial score (nSPS) is 15.7. The number of nitrogens with one attached hydrogen (secondary N) is 1. The number of benzene rings is 2. The van der Waals surface area contributed by atoms with Gasteiger partial charge in [0, 0.05) is 6.54 Å². The molecule has 134 valence electrons. The quantitative estimate of drug-likeness (QED) is 0.882. The number of hydrogen-bond acceptors (Lipinski definition) is 4. The molecule has 7 heteroatoms. The van der Waals surface area contributed by atoms with Crippen LogP contribution in [0.4, 0.5) is 10.5 Å². The number of anilines is 1. The molecule has 3 N–H and O–H groups in total. The van der Waals surface area contributed by atoms with Crippen LogP contribution < -0.4 is 11.1 Å². The molecule has 1 aliphatic rings. The molecule has 0 bridgehead atoms. The molecule has 3 rings (SSSR count). The average molecular weight is 353 g/mol. The zero-order valence-corrected chi connectivity index (χ0v) is 14.3. The Bertz CT molecular complexity index is 865. The van der Waals surface area contributed by atoms with Crippen LogP contribution in [0.15, 0.2) is 48.5 Å². The Balaban J connectivity index is 1.97. The molecule has 0 fully saturated rings. The maximum atomic E-state index is 13.0. The van der Waals surface area contributed by atoms with E-state index in [9.17, 15) is 14.4 Å². The summed E-state index contributed by atoms with van der Waals surface area (Å²) >= 11 is 0. The number of carbonyl (C=O) groups is 3. The second-order valence-corrected chi connectivity index (χ2v) is 5.91. The molecule has 0 aromatic heterocycles. The van der Waals surface area contributed by atoms with Crippen LogP contribution in [0.1, 0.15) is 27.5 Å². The molecule has 1 atom stereocenters. The van der Waals surface area contributed by atoms with E-state index in [2.05, 4.69) is 5.32 Å². The van der Waals surface area contributed by atoms with Crippen LogP contribution >= 0.6 is 0 Å². The second-order valence-electron chi connectivity index (χ2n) is 5.91. The Morgan fingerprint density at radius 1 is 1.12 bits per heavy atom. The number of amides is 3. The summed E-state index contributed by atoms with van der Waals surface area (Å²) in [6, 6.07) is 13.1. The van der Waals surface area contributed by atoms with Gasteiger partial charge in [0.15, 0.2) is 0 Å². The third-order valence-electron chi connectivity index (χ3n) is 4.39. The monoisotopic (exact) mass is 353 g/mol. The molecular formula is C19H19N3O4. The van der Waals surface area contributed by atoms with Gasteiger partial charge in [0.25, 0.3) is 11.8 Å². The molecule has 2 aromatic rings. The highest BCUT2D eigenvalue weighted by molar-refractivity contribution is 6.05. The minimum Gasteiger partial charge on any atom is -0.453 e. The smallest absolute Gasteiger partial charge is 0.410 e. The van der Waals surface area contributed by atoms with Crippen molar-refractivity contribution in [2.45, 2.75) is 12.5 Å². The summed E-state index contributed by atoms with van der Waals surface area (Å²) in [5.74, 6) is -1.08. The van der Waals surface area contributed by atoms with E-state index < -0.39 is 23.9 Å². The third kappa shape index (κ3) is 3.23. The number of para-hydroxylation sites is 1. The van der Waals surface area contributed by atoms with Crippen LogP contribution in [0.25, 0.3) is 0 Å². The van der Waals surface area contributed by atoms with Gasteiger partial charge in [-0.2, -0.15) is 0 Å². The summed E-state index contributed by atoms with van der Waals surface area (Å²) in [7, 11) is 1.28. The molecule has 1 heterocycles. The Morgan fingerprint density at radius 2 is 1.81 bits per heavy atom. The Hall–Kier alpha value is -3.35. The van der Waals surface area contributed by atoms with Crippen molar-refractivity contribution in [3.63, 3.8) is 0 Å². The number of nitrogens with two attached hydrogens (primary N) is 1. The third-order valence-corrected chi connectivity index (χ3v) is 4.39. The first-order valence-corrected chi connectivity index (χ1v) is 8.15. The number of ether oxygens (including phenoxy) is 1. The molecule has 0 spiro atoms. The van der Waals surface area contributed by atoms with Gasteiger partial charge in [-0.25, -0.2) is 4.79 Å². The first kappa shape index (κ1) is 17.5. The molecule has 0 saturated carbocycles. The zero-order valence-electron chi connectivity index (χ0n) is 14.3. The molecule has 2 aromatic carbocycles. The van der Waals surface area contributed by atoms with E-state index in [1.807, 2.05) is 24.3 Å². The van der Waals surface area contributed by atoms with E-state index in [-0.39, 0.29) is 5.56 Å². The number of hydrogen-bond donors (Lipinski definition) is 2. The molecule has 1 unspecified atom stereocenters. The van der Waals surface area contributed by atoms with Gasteiger partial charge in [-0.05, 0) is 29.7 Å². The maximum absolute atomic E-state index is 13.0. The van der Waals surface area contributed by atoms with Crippen LogP contribution in [0.3, 0.4) is 0 Å². The lowest BCUT2D eigenvalue weighted by atomic mass is 9.92. The number of rotatable bonds is 3. The first-order chi connectivity index (χ1) is 12.5. The van der Waals surface area contributed by atoms with Gasteiger partial charge >= 0.3 is 6.09 Å². The average Bonchev–Trinajstić information content (AvgIpc) is 2.66. The number of carbonyl (C=O) groups excluding carboxylic acids is 3. The van der Waals surface area contributed by atoms with Crippen LogP contribution in [0.5, 0.6) is 0 Å². The molecule has 1 aliphatic heterocycles. The summed E-state index contributed by atoms with van der Waals surface area (Å²) in [6.07, 6.45) is 0.0512. The van der Waals surface area contributed by atoms with Crippen molar-refractivity contribution in [3.05, 3.63) is 65.2 Å². The Labute approximate surface area is 150 Å². The molecule has 0 saturated heterocycles. The fourth-order valence-electron chi connectivity index (χ4n) is 3.17. The number of nitrogens with zero attached hydrogens (tertiary/aromatic N) is 1. The van der Waals surface area contributed by atoms with Crippen molar-refractivity contribution in [3.8, 4) is 0 Å². The zero-order chi connectivity index (χ0) is 18.7. The number of methoxy groups -OCH3 is 1. The minimum absolute atomic E-state index is 0.203. The summed E-state index contributed by atoms with van der Waals surface area (Å²) in [6.45, 7) is 0.360. The summed E-state index contributed by atoms with van der Waals surface area (Å²) in [4.78, 5) is 38.2. The van der Waals surface area contributed by atoms with Crippen molar-refractivity contribution in [2.75, 3.05) is 19.0 Å². The highest BCUT2D eigenvalue weighted by Gasteiger charge is 2.36. The van der Waals surface area contributed by atoms with E-state index in [1.54, 1.807) is 18.2 Å². The lowest BCUT2D eigenvalue weighted by molar-refractivity contribution is -0.121. The van der Waals surface area contributed by atoms with Gasteiger partial charge in [-0.15, -0.1) is 0 Å². The predicted molar refractivity (Wildman–Crippen MR) is 95.6 cm³/mol. The van der Waals surface area contributed by atoms with Gasteiger partial charge < -0.3 is 15.8 Å². The van der Waals surface area contributed by atoms with E-state index >= 15 is 0 Å². The van der Waals surface area contributed by atoms with Crippen LogP contribution in [0.2, 0.25) is 0 Å². The molecule has 7 nitrogen and oxygen atoms in total. The van der Waals surface area contributed by atoms with Crippen molar-refractivity contribution in [1.29, 1.82) is 0 Å². The highest BCUT2D eigenvalue weighted by Crippen LogP contribution is 2.31. The number of fused-ring (bicyclic) bond motifs is 1. The molecule has 3 amide bonds. The van der Waals surface area contributed by atoms with Crippen molar-refractivity contribution in [2.24, 2.45) is 5.73 Å². The Kier molecular flexibility index (Phi) is 4.88. The largest absolute Gasteiger partial charge is 0.453 e. The molecular weight excluding hydrogens is 334 g/mol. The summed E-state index contributed by atoms with van der Waals surface area (Å²) in [5.41, 5.74) is 7.61. The van der Waals surface area contributed by atoms with Gasteiger partial charge in [0.1, 0.15) is 6.04 Å². The Morgan fingerprint density at radius 3 is 2.54 bits per heavy atom. The lowest BCUT2D eigenvalue weighted by Gasteiger charge is -2.35. The van der Waals surface area contributed by atoms with E-state index in [1.165, 1.54) is 18.1 Å². The van der Waals surface area contributed by atoms with E-state index in [0.717, 1.165) is 11.1 Å². The fourth-order valence-corrected chi connectivity index (χ4v) is 3.17.